The topological polar surface area (TPSA) is 118 Å². The minimum atomic E-state index is -4.67. The van der Waals surface area contributed by atoms with Crippen molar-refractivity contribution in [2.75, 3.05) is 6.61 Å². The number of carbonyl (C=O) groups is 1. The summed E-state index contributed by atoms with van der Waals surface area (Å²) in [4.78, 5) is 15.3. The van der Waals surface area contributed by atoms with Gasteiger partial charge in [0.05, 0.1) is 18.4 Å². The first kappa shape index (κ1) is 18.9. The van der Waals surface area contributed by atoms with E-state index in [0.29, 0.717) is 0 Å². The van der Waals surface area contributed by atoms with Gasteiger partial charge in [0, 0.05) is 6.20 Å². The maximum atomic E-state index is 12.5. The van der Waals surface area contributed by atoms with Gasteiger partial charge >= 0.3 is 22.5 Å². The van der Waals surface area contributed by atoms with Crippen LogP contribution in [0.1, 0.15) is 23.0 Å². The summed E-state index contributed by atoms with van der Waals surface area (Å²) in [5, 5.41) is 0. The van der Waals surface area contributed by atoms with Crippen LogP contribution in [0, 0.1) is 0 Å². The molecular weight excluding hydrogens is 345 g/mol. The molecule has 0 fully saturated rings. The molecule has 128 valence electrons. The van der Waals surface area contributed by atoms with Crippen molar-refractivity contribution in [1.29, 1.82) is 0 Å². The molecule has 0 unspecified atom stereocenters. The van der Waals surface area contributed by atoms with Gasteiger partial charge in [-0.15, -0.1) is 0 Å². The number of halogens is 3. The fourth-order valence-corrected chi connectivity index (χ4v) is 1.51. The highest BCUT2D eigenvalue weighted by Crippen LogP contribution is 2.29. The number of hydrogen-bond acceptors (Lipinski definition) is 5. The largest absolute Gasteiger partial charge is 0.461 e. The summed E-state index contributed by atoms with van der Waals surface area (Å²) >= 11 is 0. The van der Waals surface area contributed by atoms with Crippen LogP contribution < -0.4 is 0 Å². The highest BCUT2D eigenvalue weighted by Gasteiger charge is 2.31. The Hall–Kier alpha value is -2.18. The van der Waals surface area contributed by atoms with Gasteiger partial charge in [-0.25, -0.2) is 9.78 Å². The molecule has 12 heteroatoms. The maximum Gasteiger partial charge on any atom is 0.416 e. The first-order valence-corrected chi connectivity index (χ1v) is 7.24. The summed E-state index contributed by atoms with van der Waals surface area (Å²) in [6.07, 6.45) is -2.09. The number of pyridine rings is 1. The lowest BCUT2D eigenvalue weighted by molar-refractivity contribution is -0.137. The Labute approximate surface area is 128 Å². The molecule has 8 nitrogen and oxygen atoms in total. The van der Waals surface area contributed by atoms with Crippen LogP contribution in [0.5, 0.6) is 0 Å². The molecule has 0 aliphatic heterocycles. The molecule has 0 amide bonds. The lowest BCUT2D eigenvalue weighted by Gasteiger charge is -2.07. The zero-order valence-corrected chi connectivity index (χ0v) is 12.3. The van der Waals surface area contributed by atoms with Crippen LogP contribution >= 0.6 is 0 Å². The molecule has 0 atom stereocenters. The minimum Gasteiger partial charge on any atom is -0.461 e. The predicted molar refractivity (Wildman–Crippen MR) is 70.3 cm³/mol. The maximum absolute atomic E-state index is 12.5. The molecule has 23 heavy (non-hydrogen) atoms. The van der Waals surface area contributed by atoms with Crippen molar-refractivity contribution in [2.45, 2.75) is 13.1 Å². The van der Waals surface area contributed by atoms with Crippen molar-refractivity contribution in [2.24, 2.45) is 0 Å². The lowest BCUT2D eigenvalue weighted by Crippen LogP contribution is -2.09. The van der Waals surface area contributed by atoms with Crippen molar-refractivity contribution in [3.8, 4) is 0 Å². The second kappa shape index (κ2) is 6.93. The van der Waals surface area contributed by atoms with E-state index in [2.05, 4.69) is 4.98 Å². The summed E-state index contributed by atoms with van der Waals surface area (Å²) in [5.74, 6) is -0.621. The van der Waals surface area contributed by atoms with Gasteiger partial charge in [0.15, 0.2) is 5.69 Å². The molecule has 0 aromatic carbocycles. The third-order valence-corrected chi connectivity index (χ3v) is 2.33. The van der Waals surface area contributed by atoms with Crippen molar-refractivity contribution in [3.05, 3.63) is 35.8 Å². The molecule has 2 heterocycles. The molecule has 0 saturated heterocycles. The first-order valence-electron chi connectivity index (χ1n) is 5.84. The minimum absolute atomic E-state index is 0.0490. The van der Waals surface area contributed by atoms with Crippen molar-refractivity contribution in [3.63, 3.8) is 0 Å². The van der Waals surface area contributed by atoms with E-state index in [0.717, 1.165) is 18.3 Å². The average Bonchev–Trinajstić information content (AvgIpc) is 2.78. The van der Waals surface area contributed by atoms with Gasteiger partial charge in [0.25, 0.3) is 0 Å². The van der Waals surface area contributed by atoms with Crippen LogP contribution in [0.15, 0.2) is 24.5 Å². The van der Waals surface area contributed by atoms with Crippen LogP contribution in [-0.2, 0) is 21.3 Å². The Morgan fingerprint density at radius 2 is 1.96 bits per heavy atom. The smallest absolute Gasteiger partial charge is 0.416 e. The number of fused-ring (bicyclic) bond motifs is 1. The van der Waals surface area contributed by atoms with Gasteiger partial charge in [0.2, 0.25) is 0 Å². The number of rotatable bonds is 2. The van der Waals surface area contributed by atoms with E-state index in [1.807, 2.05) is 0 Å². The van der Waals surface area contributed by atoms with Crippen molar-refractivity contribution in [1.82, 2.24) is 9.38 Å². The van der Waals surface area contributed by atoms with Gasteiger partial charge < -0.3 is 4.74 Å². The summed E-state index contributed by atoms with van der Waals surface area (Å²) in [7, 11) is -4.67. The number of esters is 1. The van der Waals surface area contributed by atoms with Crippen molar-refractivity contribution < 1.29 is 40.2 Å². The molecule has 2 N–H and O–H groups in total. The SMILES string of the molecule is CCOC(=O)c1cnc2cc(C(F)(F)F)ccn12.O=S(=O)(O)O. The third kappa shape index (κ3) is 5.84. The zero-order chi connectivity index (χ0) is 17.8. The van der Waals surface area contributed by atoms with Gasteiger partial charge in [-0.1, -0.05) is 0 Å². The number of aromatic nitrogens is 2. The number of nitrogens with zero attached hydrogens (tertiary/aromatic N) is 2. The normalized spacial score (nSPS) is 11.7. The van der Waals surface area contributed by atoms with Gasteiger partial charge in [0.1, 0.15) is 5.65 Å². The monoisotopic (exact) mass is 356 g/mol. The molecule has 2 aromatic rings. The number of ether oxygens (including phenoxy) is 1. The Kier molecular flexibility index (Phi) is 5.69. The molecule has 2 aromatic heterocycles. The van der Waals surface area contributed by atoms with E-state index in [9.17, 15) is 18.0 Å². The molecule has 0 radical (unpaired) electrons. The fourth-order valence-electron chi connectivity index (χ4n) is 1.51. The van der Waals surface area contributed by atoms with E-state index < -0.39 is 28.1 Å². The standard InChI is InChI=1S/C11H9F3N2O2.H2O4S/c1-2-18-10(17)8-6-15-9-5-7(11(12,13)14)3-4-16(8)9;1-5(2,3)4/h3-6H,2H2,1H3;(H2,1,2,3,4). The number of imidazole rings is 1. The highest BCUT2D eigenvalue weighted by atomic mass is 32.3. The number of hydrogen-bond donors (Lipinski definition) is 2. The first-order chi connectivity index (χ1) is 10.4. The molecule has 2 rings (SSSR count). The lowest BCUT2D eigenvalue weighted by atomic mass is 10.2. The molecule has 0 bridgehead atoms. The van der Waals surface area contributed by atoms with E-state index in [1.165, 1.54) is 10.6 Å². The Bertz CT molecular complexity index is 792. The van der Waals surface area contributed by atoms with E-state index in [4.69, 9.17) is 22.3 Å². The quantitative estimate of drug-likeness (QED) is 0.623. The molecule has 0 spiro atoms. The number of alkyl halides is 3. The predicted octanol–water partition coefficient (Wildman–Crippen LogP) is 1.88. The van der Waals surface area contributed by atoms with Crippen LogP contribution in [0.25, 0.3) is 5.65 Å². The van der Waals surface area contributed by atoms with E-state index >= 15 is 0 Å². The fraction of sp³-hybridized carbons (Fsp3) is 0.273. The highest BCUT2D eigenvalue weighted by molar-refractivity contribution is 7.79. The average molecular weight is 356 g/mol. The summed E-state index contributed by atoms with van der Waals surface area (Å²) < 4.78 is 75.0. The van der Waals surface area contributed by atoms with Gasteiger partial charge in [-0.05, 0) is 19.1 Å². The van der Waals surface area contributed by atoms with Crippen LogP contribution in [0.3, 0.4) is 0 Å². The summed E-state index contributed by atoms with van der Waals surface area (Å²) in [6, 6.07) is 1.76. The van der Waals surface area contributed by atoms with Crippen LogP contribution in [0.2, 0.25) is 0 Å². The Balaban J connectivity index is 0.000000463. The summed E-state index contributed by atoms with van der Waals surface area (Å²) in [6.45, 7) is 1.83. The molecule has 0 aliphatic carbocycles. The van der Waals surface area contributed by atoms with Gasteiger partial charge in [-0.3, -0.25) is 13.5 Å². The number of carbonyl (C=O) groups excluding carboxylic acids is 1. The van der Waals surface area contributed by atoms with Crippen molar-refractivity contribution >= 4 is 22.0 Å². The molecular formula is C11H11F3N2O6S. The van der Waals surface area contributed by atoms with E-state index in [-0.39, 0.29) is 17.9 Å². The second-order valence-electron chi connectivity index (χ2n) is 3.95. The zero-order valence-electron chi connectivity index (χ0n) is 11.5. The van der Waals surface area contributed by atoms with Crippen LogP contribution in [0.4, 0.5) is 13.2 Å². The van der Waals surface area contributed by atoms with Crippen LogP contribution in [-0.4, -0.2) is 39.5 Å². The molecule has 0 aliphatic rings. The molecule has 0 saturated carbocycles. The Morgan fingerprint density at radius 1 is 1.39 bits per heavy atom. The Morgan fingerprint density at radius 3 is 2.43 bits per heavy atom. The third-order valence-electron chi connectivity index (χ3n) is 2.33. The summed E-state index contributed by atoms with van der Waals surface area (Å²) in [5.41, 5.74) is -0.663. The van der Waals surface area contributed by atoms with E-state index in [1.54, 1.807) is 6.92 Å². The second-order valence-corrected chi connectivity index (χ2v) is 4.85. The van der Waals surface area contributed by atoms with Gasteiger partial charge in [-0.2, -0.15) is 21.6 Å².